The first-order valence-corrected chi connectivity index (χ1v) is 4.43. The molecule has 1 aromatic carbocycles. The van der Waals surface area contributed by atoms with Crippen molar-refractivity contribution in [1.29, 1.82) is 0 Å². The lowest BCUT2D eigenvalue weighted by molar-refractivity contribution is 1.13. The van der Waals surface area contributed by atoms with Gasteiger partial charge in [-0.3, -0.25) is 0 Å². The minimum atomic E-state index is 0.642. The van der Waals surface area contributed by atoms with Crippen molar-refractivity contribution in [2.24, 2.45) is 0 Å². The predicted octanol–water partition coefficient (Wildman–Crippen LogP) is 1.61. The van der Waals surface area contributed by atoms with Gasteiger partial charge >= 0.3 is 0 Å². The zero-order valence-corrected chi connectivity index (χ0v) is 8.44. The first kappa shape index (κ1) is 9.71. The molecule has 0 heterocycles. The smallest absolute Gasteiger partial charge is 0.0603 e. The highest BCUT2D eigenvalue weighted by Gasteiger charge is 2.12. The van der Waals surface area contributed by atoms with Crippen molar-refractivity contribution in [3.8, 4) is 0 Å². The van der Waals surface area contributed by atoms with E-state index < -0.39 is 0 Å². The summed E-state index contributed by atoms with van der Waals surface area (Å²) in [6, 6.07) is 0. The first-order valence-electron chi connectivity index (χ1n) is 4.43. The van der Waals surface area contributed by atoms with Crippen LogP contribution in [0.5, 0.6) is 0 Å². The van der Waals surface area contributed by atoms with Crippen LogP contribution in [-0.2, 0) is 6.42 Å². The second-order valence-electron chi connectivity index (χ2n) is 3.32. The molecule has 1 aromatic rings. The molecule has 0 unspecified atom stereocenters. The molecule has 0 saturated carbocycles. The zero-order valence-electron chi connectivity index (χ0n) is 8.44. The molecule has 0 amide bonds. The van der Waals surface area contributed by atoms with E-state index in [0.717, 1.165) is 28.8 Å². The second-order valence-corrected chi connectivity index (χ2v) is 3.32. The van der Waals surface area contributed by atoms with Crippen molar-refractivity contribution in [3.63, 3.8) is 0 Å². The lowest BCUT2D eigenvalue weighted by Crippen LogP contribution is -2.08. The number of rotatable bonds is 1. The number of hydrogen-bond donors (Lipinski definition) is 3. The van der Waals surface area contributed by atoms with Crippen molar-refractivity contribution in [1.82, 2.24) is 0 Å². The fourth-order valence-electron chi connectivity index (χ4n) is 1.52. The van der Waals surface area contributed by atoms with Gasteiger partial charge in [0.2, 0.25) is 0 Å². The monoisotopic (exact) mass is 179 g/mol. The van der Waals surface area contributed by atoms with Gasteiger partial charge in [-0.2, -0.15) is 0 Å². The van der Waals surface area contributed by atoms with Gasteiger partial charge in [0.1, 0.15) is 0 Å². The molecule has 0 aliphatic heterocycles. The van der Waals surface area contributed by atoms with Crippen LogP contribution in [-0.4, -0.2) is 0 Å². The molecule has 3 heteroatoms. The fourth-order valence-corrected chi connectivity index (χ4v) is 1.52. The Labute approximate surface area is 78.9 Å². The molecule has 0 fully saturated rings. The van der Waals surface area contributed by atoms with Gasteiger partial charge in [-0.15, -0.1) is 0 Å². The highest BCUT2D eigenvalue weighted by molar-refractivity contribution is 5.80. The highest BCUT2D eigenvalue weighted by Crippen LogP contribution is 2.33. The maximum Gasteiger partial charge on any atom is 0.0603 e. The minimum Gasteiger partial charge on any atom is -0.398 e. The topological polar surface area (TPSA) is 78.1 Å². The molecule has 0 aliphatic carbocycles. The van der Waals surface area contributed by atoms with Crippen LogP contribution >= 0.6 is 0 Å². The number of nitrogen functional groups attached to an aromatic ring is 3. The van der Waals surface area contributed by atoms with Crippen LogP contribution in [0.4, 0.5) is 17.1 Å². The average Bonchev–Trinajstić information content (AvgIpc) is 2.13. The summed E-state index contributed by atoms with van der Waals surface area (Å²) in [5, 5.41) is 0. The molecule has 3 nitrogen and oxygen atoms in total. The maximum atomic E-state index is 5.93. The maximum absolute atomic E-state index is 5.93. The Morgan fingerprint density at radius 3 is 1.77 bits per heavy atom. The van der Waals surface area contributed by atoms with Crippen LogP contribution in [0.1, 0.15) is 23.6 Å². The van der Waals surface area contributed by atoms with Gasteiger partial charge in [-0.25, -0.2) is 0 Å². The largest absolute Gasteiger partial charge is 0.398 e. The summed E-state index contributed by atoms with van der Waals surface area (Å²) in [6.45, 7) is 5.94. The number of hydrogen-bond acceptors (Lipinski definition) is 3. The van der Waals surface area contributed by atoms with Gasteiger partial charge in [0, 0.05) is 11.3 Å². The van der Waals surface area contributed by atoms with Gasteiger partial charge in [0.05, 0.1) is 11.4 Å². The standard InChI is InChI=1S/C10H17N3/c1-4-7-8(11)5(2)6(3)9(12)10(7)13/h4,11-13H2,1-3H3. The van der Waals surface area contributed by atoms with Crippen LogP contribution < -0.4 is 17.2 Å². The van der Waals surface area contributed by atoms with Gasteiger partial charge in [0.25, 0.3) is 0 Å². The van der Waals surface area contributed by atoms with Crippen molar-refractivity contribution < 1.29 is 0 Å². The number of benzene rings is 1. The molecule has 13 heavy (non-hydrogen) atoms. The molecule has 1 rings (SSSR count). The third kappa shape index (κ3) is 1.30. The van der Waals surface area contributed by atoms with E-state index in [1.807, 2.05) is 20.8 Å². The summed E-state index contributed by atoms with van der Waals surface area (Å²) in [5.41, 5.74) is 22.7. The summed E-state index contributed by atoms with van der Waals surface area (Å²) < 4.78 is 0. The first-order chi connectivity index (χ1) is 6.00. The lowest BCUT2D eigenvalue weighted by atomic mass is 9.97. The van der Waals surface area contributed by atoms with E-state index in [-0.39, 0.29) is 0 Å². The summed E-state index contributed by atoms with van der Waals surface area (Å²) in [6.07, 6.45) is 0.822. The van der Waals surface area contributed by atoms with E-state index >= 15 is 0 Å². The van der Waals surface area contributed by atoms with Gasteiger partial charge in [-0.1, -0.05) is 6.92 Å². The number of anilines is 3. The average molecular weight is 179 g/mol. The highest BCUT2D eigenvalue weighted by atomic mass is 14.7. The Hall–Kier alpha value is -1.38. The quantitative estimate of drug-likeness (QED) is 0.573. The summed E-state index contributed by atoms with van der Waals surface area (Å²) in [5.74, 6) is 0. The van der Waals surface area contributed by atoms with Crippen LogP contribution in [0.3, 0.4) is 0 Å². The molecule has 72 valence electrons. The summed E-state index contributed by atoms with van der Waals surface area (Å²) in [7, 11) is 0. The number of nitrogens with two attached hydrogens (primary N) is 3. The normalized spacial score (nSPS) is 10.4. The van der Waals surface area contributed by atoms with Crippen LogP contribution in [0.25, 0.3) is 0 Å². The van der Waals surface area contributed by atoms with Crippen LogP contribution in [0.15, 0.2) is 0 Å². The Bertz CT molecular complexity index is 314. The van der Waals surface area contributed by atoms with Gasteiger partial charge in [-0.05, 0) is 31.4 Å². The minimum absolute atomic E-state index is 0.642. The molecule has 0 radical (unpaired) electrons. The Morgan fingerprint density at radius 2 is 1.31 bits per heavy atom. The Balaban J connectivity index is 3.56. The fraction of sp³-hybridized carbons (Fsp3) is 0.400. The molecule has 0 bridgehead atoms. The Morgan fingerprint density at radius 1 is 0.846 bits per heavy atom. The van der Waals surface area contributed by atoms with Crippen molar-refractivity contribution >= 4 is 17.1 Å². The SMILES string of the molecule is CCc1c(N)c(C)c(C)c(N)c1N. The molecular weight excluding hydrogens is 162 g/mol. The van der Waals surface area contributed by atoms with E-state index in [1.165, 1.54) is 0 Å². The van der Waals surface area contributed by atoms with Gasteiger partial charge in [0.15, 0.2) is 0 Å². The van der Waals surface area contributed by atoms with E-state index in [4.69, 9.17) is 17.2 Å². The van der Waals surface area contributed by atoms with E-state index in [0.29, 0.717) is 11.4 Å². The van der Waals surface area contributed by atoms with Crippen molar-refractivity contribution in [2.45, 2.75) is 27.2 Å². The molecular formula is C10H17N3. The predicted molar refractivity (Wildman–Crippen MR) is 58.5 cm³/mol. The van der Waals surface area contributed by atoms with Crippen molar-refractivity contribution in [3.05, 3.63) is 16.7 Å². The molecule has 6 N–H and O–H groups in total. The third-order valence-electron chi connectivity index (χ3n) is 2.66. The van der Waals surface area contributed by atoms with Crippen LogP contribution in [0.2, 0.25) is 0 Å². The van der Waals surface area contributed by atoms with E-state index in [9.17, 15) is 0 Å². The summed E-state index contributed by atoms with van der Waals surface area (Å²) in [4.78, 5) is 0. The van der Waals surface area contributed by atoms with Crippen LogP contribution in [0, 0.1) is 13.8 Å². The van der Waals surface area contributed by atoms with Gasteiger partial charge < -0.3 is 17.2 Å². The molecule has 0 atom stereocenters. The summed E-state index contributed by atoms with van der Waals surface area (Å²) >= 11 is 0. The van der Waals surface area contributed by atoms with Crippen molar-refractivity contribution in [2.75, 3.05) is 17.2 Å². The van der Waals surface area contributed by atoms with E-state index in [2.05, 4.69) is 0 Å². The Kier molecular flexibility index (Phi) is 2.36. The molecule has 0 saturated heterocycles. The second kappa shape index (κ2) is 3.17. The molecule has 0 spiro atoms. The third-order valence-corrected chi connectivity index (χ3v) is 2.66. The van der Waals surface area contributed by atoms with E-state index in [1.54, 1.807) is 0 Å². The molecule has 0 aromatic heterocycles. The molecule has 0 aliphatic rings. The lowest BCUT2D eigenvalue weighted by Gasteiger charge is -2.16. The zero-order chi connectivity index (χ0) is 10.2.